The smallest absolute Gasteiger partial charge is 0.410 e. The van der Waals surface area contributed by atoms with Crippen molar-refractivity contribution in [2.45, 2.75) is 39.7 Å². The van der Waals surface area contributed by atoms with Gasteiger partial charge in [-0.05, 0) is 13.3 Å². The van der Waals surface area contributed by atoms with Crippen LogP contribution in [-0.4, -0.2) is 54.1 Å². The molecule has 1 atom stereocenters. The largest absolute Gasteiger partial charge is 0.449 e. The van der Waals surface area contributed by atoms with Crippen molar-refractivity contribution >= 4 is 12.0 Å². The molecule has 1 aliphatic heterocycles. The number of carbonyl (C=O) groups is 2. The van der Waals surface area contributed by atoms with Crippen molar-refractivity contribution in [1.29, 1.82) is 0 Å². The van der Waals surface area contributed by atoms with Crippen LogP contribution >= 0.6 is 0 Å². The summed E-state index contributed by atoms with van der Waals surface area (Å²) >= 11 is 0. The Morgan fingerprint density at radius 3 is 2.59 bits per heavy atom. The molecule has 0 N–H and O–H groups in total. The van der Waals surface area contributed by atoms with E-state index in [0.717, 1.165) is 12.8 Å². The van der Waals surface area contributed by atoms with Gasteiger partial charge < -0.3 is 14.5 Å². The fourth-order valence-corrected chi connectivity index (χ4v) is 1.90. The van der Waals surface area contributed by atoms with Gasteiger partial charge in [0.05, 0.1) is 6.61 Å². The van der Waals surface area contributed by atoms with Crippen LogP contribution < -0.4 is 0 Å². The molecule has 0 aromatic heterocycles. The predicted octanol–water partition coefficient (Wildman–Crippen LogP) is 1.48. The Labute approximate surface area is 103 Å². The van der Waals surface area contributed by atoms with Crippen LogP contribution in [0.4, 0.5) is 4.79 Å². The number of hydrogen-bond acceptors (Lipinski definition) is 3. The average Bonchev–Trinajstić information content (AvgIpc) is 2.28. The molecule has 0 aromatic rings. The van der Waals surface area contributed by atoms with Crippen LogP contribution in [0.25, 0.3) is 0 Å². The molecule has 1 fully saturated rings. The maximum Gasteiger partial charge on any atom is 0.410 e. The van der Waals surface area contributed by atoms with Crippen molar-refractivity contribution in [3.05, 3.63) is 0 Å². The second kappa shape index (κ2) is 6.47. The number of amides is 2. The highest BCUT2D eigenvalue weighted by atomic mass is 16.6. The predicted molar refractivity (Wildman–Crippen MR) is 64.7 cm³/mol. The second-order valence-corrected chi connectivity index (χ2v) is 4.48. The van der Waals surface area contributed by atoms with Gasteiger partial charge in [-0.1, -0.05) is 13.3 Å². The van der Waals surface area contributed by atoms with Crippen molar-refractivity contribution in [3.8, 4) is 0 Å². The fourth-order valence-electron chi connectivity index (χ4n) is 1.90. The van der Waals surface area contributed by atoms with Crippen molar-refractivity contribution in [3.63, 3.8) is 0 Å². The van der Waals surface area contributed by atoms with E-state index < -0.39 is 0 Å². The number of nitrogens with zero attached hydrogens (tertiary/aromatic N) is 2. The van der Waals surface area contributed by atoms with Crippen LogP contribution in [0.5, 0.6) is 0 Å². The van der Waals surface area contributed by atoms with Crippen LogP contribution in [-0.2, 0) is 9.53 Å². The van der Waals surface area contributed by atoms with E-state index in [-0.39, 0.29) is 18.0 Å². The summed E-state index contributed by atoms with van der Waals surface area (Å²) in [5, 5.41) is 0. The van der Waals surface area contributed by atoms with Gasteiger partial charge >= 0.3 is 6.09 Å². The summed E-state index contributed by atoms with van der Waals surface area (Å²) in [6.45, 7) is 7.79. The summed E-state index contributed by atoms with van der Waals surface area (Å²) in [6.07, 6.45) is 1.66. The molecule has 1 unspecified atom stereocenters. The monoisotopic (exact) mass is 242 g/mol. The summed E-state index contributed by atoms with van der Waals surface area (Å²) in [6, 6.07) is 0.0294. The number of piperazine rings is 1. The molecule has 17 heavy (non-hydrogen) atoms. The molecule has 0 spiro atoms. The minimum Gasteiger partial charge on any atom is -0.449 e. The molecule has 1 aliphatic rings. The zero-order valence-corrected chi connectivity index (χ0v) is 10.9. The maximum atomic E-state index is 11.8. The highest BCUT2D eigenvalue weighted by Gasteiger charge is 2.29. The average molecular weight is 242 g/mol. The van der Waals surface area contributed by atoms with E-state index in [2.05, 4.69) is 6.92 Å². The lowest BCUT2D eigenvalue weighted by Gasteiger charge is -2.38. The van der Waals surface area contributed by atoms with Crippen LogP contribution in [0, 0.1) is 0 Å². The lowest BCUT2D eigenvalue weighted by Crippen LogP contribution is -2.55. The normalized spacial score (nSPS) is 20.3. The second-order valence-electron chi connectivity index (χ2n) is 4.48. The minimum atomic E-state index is -0.255. The van der Waals surface area contributed by atoms with Crippen molar-refractivity contribution < 1.29 is 14.3 Å². The Morgan fingerprint density at radius 1 is 1.35 bits per heavy atom. The van der Waals surface area contributed by atoms with E-state index in [1.807, 2.05) is 6.92 Å². The fraction of sp³-hybridized carbons (Fsp3) is 0.833. The number of ether oxygens (including phenoxy) is 1. The Hall–Kier alpha value is -1.26. The van der Waals surface area contributed by atoms with Gasteiger partial charge in [0.15, 0.2) is 0 Å². The molecule has 98 valence electrons. The topological polar surface area (TPSA) is 49.9 Å². The molecule has 5 heteroatoms. The zero-order valence-electron chi connectivity index (χ0n) is 10.9. The molecule has 5 nitrogen and oxygen atoms in total. The third-order valence-corrected chi connectivity index (χ3v) is 3.03. The molecule has 0 saturated carbocycles. The Morgan fingerprint density at radius 2 is 2.06 bits per heavy atom. The zero-order chi connectivity index (χ0) is 12.8. The first-order valence-electron chi connectivity index (χ1n) is 6.25. The standard InChI is InChI=1S/C12H22N2O3/c1-4-5-8-17-12(16)14-7-6-13(11(3)15)9-10(14)2/h10H,4-9H2,1-3H3. The number of rotatable bonds is 3. The highest BCUT2D eigenvalue weighted by molar-refractivity contribution is 5.74. The maximum absolute atomic E-state index is 11.8. The Bertz CT molecular complexity index is 281. The van der Waals surface area contributed by atoms with Gasteiger partial charge in [-0.3, -0.25) is 4.79 Å². The Kier molecular flexibility index (Phi) is 5.25. The lowest BCUT2D eigenvalue weighted by molar-refractivity contribution is -0.131. The van der Waals surface area contributed by atoms with Gasteiger partial charge in [-0.25, -0.2) is 4.79 Å². The molecular formula is C12H22N2O3. The minimum absolute atomic E-state index is 0.0294. The van der Waals surface area contributed by atoms with Crippen LogP contribution in [0.15, 0.2) is 0 Å². The van der Waals surface area contributed by atoms with Gasteiger partial charge in [0, 0.05) is 32.6 Å². The van der Waals surface area contributed by atoms with Gasteiger partial charge in [-0.2, -0.15) is 0 Å². The molecular weight excluding hydrogens is 220 g/mol. The molecule has 2 amide bonds. The summed E-state index contributed by atoms with van der Waals surface area (Å²) in [5.74, 6) is 0.0656. The SMILES string of the molecule is CCCCOC(=O)N1CCN(C(C)=O)CC1C. The Balaban J connectivity index is 2.40. The van der Waals surface area contributed by atoms with E-state index in [4.69, 9.17) is 4.74 Å². The summed E-state index contributed by atoms with van der Waals surface area (Å²) in [7, 11) is 0. The molecule has 1 saturated heterocycles. The lowest BCUT2D eigenvalue weighted by atomic mass is 10.2. The van der Waals surface area contributed by atoms with Crippen LogP contribution in [0.3, 0.4) is 0 Å². The van der Waals surface area contributed by atoms with E-state index in [1.165, 1.54) is 0 Å². The highest BCUT2D eigenvalue weighted by Crippen LogP contribution is 2.11. The van der Waals surface area contributed by atoms with Gasteiger partial charge in [-0.15, -0.1) is 0 Å². The van der Waals surface area contributed by atoms with Crippen molar-refractivity contribution in [2.24, 2.45) is 0 Å². The summed E-state index contributed by atoms with van der Waals surface area (Å²) in [5.41, 5.74) is 0. The van der Waals surface area contributed by atoms with Crippen LogP contribution in [0.2, 0.25) is 0 Å². The van der Waals surface area contributed by atoms with Crippen LogP contribution in [0.1, 0.15) is 33.6 Å². The quantitative estimate of drug-likeness (QED) is 0.704. The molecule has 1 rings (SSSR count). The van der Waals surface area contributed by atoms with Crippen molar-refractivity contribution in [2.75, 3.05) is 26.2 Å². The van der Waals surface area contributed by atoms with E-state index >= 15 is 0 Å². The number of carbonyl (C=O) groups excluding carboxylic acids is 2. The number of unbranched alkanes of at least 4 members (excludes halogenated alkanes) is 1. The molecule has 0 aliphatic carbocycles. The third-order valence-electron chi connectivity index (χ3n) is 3.03. The third kappa shape index (κ3) is 3.91. The van der Waals surface area contributed by atoms with Gasteiger partial charge in [0.2, 0.25) is 5.91 Å². The van der Waals surface area contributed by atoms with E-state index in [1.54, 1.807) is 16.7 Å². The summed E-state index contributed by atoms with van der Waals surface area (Å²) < 4.78 is 5.17. The van der Waals surface area contributed by atoms with Gasteiger partial charge in [0.25, 0.3) is 0 Å². The van der Waals surface area contributed by atoms with E-state index in [0.29, 0.717) is 26.2 Å². The summed E-state index contributed by atoms with van der Waals surface area (Å²) in [4.78, 5) is 26.5. The van der Waals surface area contributed by atoms with E-state index in [9.17, 15) is 9.59 Å². The molecule has 0 bridgehead atoms. The molecule has 0 aromatic carbocycles. The first-order valence-corrected chi connectivity index (χ1v) is 6.25. The molecule has 1 heterocycles. The van der Waals surface area contributed by atoms with Crippen molar-refractivity contribution in [1.82, 2.24) is 9.80 Å². The number of hydrogen-bond donors (Lipinski definition) is 0. The first kappa shape index (κ1) is 13.8. The molecule has 0 radical (unpaired) electrons. The van der Waals surface area contributed by atoms with Gasteiger partial charge in [0.1, 0.15) is 0 Å². The first-order chi connectivity index (χ1) is 8.06.